The van der Waals surface area contributed by atoms with Gasteiger partial charge < -0.3 is 5.32 Å². The van der Waals surface area contributed by atoms with Gasteiger partial charge in [0.2, 0.25) is 0 Å². The van der Waals surface area contributed by atoms with Crippen molar-refractivity contribution in [3.8, 4) is 0 Å². The average Bonchev–Trinajstić information content (AvgIpc) is 2.92. The monoisotopic (exact) mass is 505 g/mol. The largest absolute Gasteiger partial charge is 0.355 e. The highest BCUT2D eigenvalue weighted by Gasteiger charge is 2.18. The Bertz CT molecular complexity index is 822. The van der Waals surface area contributed by atoms with E-state index in [1.807, 2.05) is 0 Å². The van der Waals surface area contributed by atoms with Crippen LogP contribution < -0.4 is 5.32 Å². The predicted octanol–water partition coefficient (Wildman–Crippen LogP) is 11.9. The Kier molecular flexibility index (Phi) is 17.2. The van der Waals surface area contributed by atoms with Crippen molar-refractivity contribution in [2.24, 2.45) is 0 Å². The fourth-order valence-corrected chi connectivity index (χ4v) is 5.73. The van der Waals surface area contributed by atoms with E-state index in [1.165, 1.54) is 140 Å². The minimum Gasteiger partial charge on any atom is -0.355 e. The standard InChI is InChI=1S/C36H59N/c1-5-9-13-18-24-31-30-36(37-32-25-19-17-20-26-32)35(29-23-16-12-8-4)34(28-22-15-11-7-3)33(31)27-21-14-10-6-2/h17,19-20,25-26,30,37H,5-16,18,21-24,27-29H2,1-4H3. The third-order valence-corrected chi connectivity index (χ3v) is 7.95. The molecular weight excluding hydrogens is 446 g/mol. The minimum atomic E-state index is 1.22. The summed E-state index contributed by atoms with van der Waals surface area (Å²) in [5.74, 6) is 0. The molecule has 0 radical (unpaired) electrons. The molecule has 0 spiro atoms. The van der Waals surface area contributed by atoms with E-state index in [4.69, 9.17) is 0 Å². The van der Waals surface area contributed by atoms with E-state index < -0.39 is 0 Å². The molecule has 2 rings (SSSR count). The molecule has 0 atom stereocenters. The van der Waals surface area contributed by atoms with Crippen molar-refractivity contribution in [1.82, 2.24) is 0 Å². The van der Waals surface area contributed by atoms with Crippen LogP contribution in [0.2, 0.25) is 0 Å². The molecule has 1 nitrogen and oxygen atoms in total. The molecule has 0 saturated carbocycles. The third-order valence-electron chi connectivity index (χ3n) is 7.95. The van der Waals surface area contributed by atoms with E-state index in [9.17, 15) is 0 Å². The van der Waals surface area contributed by atoms with Crippen LogP contribution in [-0.4, -0.2) is 0 Å². The number of aryl methyl sites for hydroxylation is 1. The van der Waals surface area contributed by atoms with Crippen LogP contribution in [0.5, 0.6) is 0 Å². The Hall–Kier alpha value is -1.76. The van der Waals surface area contributed by atoms with Gasteiger partial charge in [-0.3, -0.25) is 0 Å². The fourth-order valence-electron chi connectivity index (χ4n) is 5.73. The first-order valence-corrected chi connectivity index (χ1v) is 16.2. The first kappa shape index (κ1) is 31.5. The molecule has 37 heavy (non-hydrogen) atoms. The van der Waals surface area contributed by atoms with E-state index in [2.05, 4.69) is 69.4 Å². The predicted molar refractivity (Wildman–Crippen MR) is 168 cm³/mol. The number of nitrogens with one attached hydrogen (secondary N) is 1. The molecule has 1 N–H and O–H groups in total. The molecule has 1 heteroatoms. The molecular formula is C36H59N. The van der Waals surface area contributed by atoms with Crippen LogP contribution in [0.3, 0.4) is 0 Å². The van der Waals surface area contributed by atoms with Crippen molar-refractivity contribution in [2.45, 2.75) is 156 Å². The molecule has 0 unspecified atom stereocenters. The van der Waals surface area contributed by atoms with E-state index in [0.29, 0.717) is 0 Å². The highest BCUT2D eigenvalue weighted by atomic mass is 14.9. The van der Waals surface area contributed by atoms with Crippen LogP contribution in [-0.2, 0) is 25.7 Å². The van der Waals surface area contributed by atoms with Gasteiger partial charge in [-0.1, -0.05) is 123 Å². The topological polar surface area (TPSA) is 12.0 Å². The van der Waals surface area contributed by atoms with E-state index in [1.54, 1.807) is 22.3 Å². The van der Waals surface area contributed by atoms with Crippen molar-refractivity contribution in [3.05, 3.63) is 58.7 Å². The third kappa shape index (κ3) is 12.1. The maximum absolute atomic E-state index is 3.90. The molecule has 0 aliphatic carbocycles. The Labute approximate surface area is 231 Å². The van der Waals surface area contributed by atoms with Gasteiger partial charge in [0.1, 0.15) is 0 Å². The average molecular weight is 506 g/mol. The van der Waals surface area contributed by atoms with Crippen LogP contribution in [0.25, 0.3) is 0 Å². The molecule has 0 amide bonds. The van der Waals surface area contributed by atoms with E-state index in [-0.39, 0.29) is 0 Å². The first-order valence-electron chi connectivity index (χ1n) is 16.2. The zero-order chi connectivity index (χ0) is 26.6. The summed E-state index contributed by atoms with van der Waals surface area (Å²) in [6.45, 7) is 9.31. The number of benzene rings is 2. The Morgan fingerprint density at radius 1 is 0.459 bits per heavy atom. The smallest absolute Gasteiger partial charge is 0.0422 e. The highest BCUT2D eigenvalue weighted by Crippen LogP contribution is 2.34. The van der Waals surface area contributed by atoms with Gasteiger partial charge in [0.05, 0.1) is 0 Å². The van der Waals surface area contributed by atoms with Gasteiger partial charge in [-0.15, -0.1) is 0 Å². The maximum atomic E-state index is 3.90. The molecule has 0 fully saturated rings. The zero-order valence-electron chi connectivity index (χ0n) is 25.1. The Balaban J connectivity index is 2.49. The van der Waals surface area contributed by atoms with Crippen molar-refractivity contribution >= 4 is 11.4 Å². The molecule has 2 aromatic carbocycles. The summed E-state index contributed by atoms with van der Waals surface area (Å²) in [5, 5.41) is 3.90. The van der Waals surface area contributed by atoms with Crippen molar-refractivity contribution in [2.75, 3.05) is 5.32 Å². The van der Waals surface area contributed by atoms with Gasteiger partial charge >= 0.3 is 0 Å². The van der Waals surface area contributed by atoms with Gasteiger partial charge in [-0.25, -0.2) is 0 Å². The SMILES string of the molecule is CCCCCCc1cc(Nc2ccccc2)c(CCCCCC)c(CCCCCC)c1CCCCCC. The lowest BCUT2D eigenvalue weighted by atomic mass is 9.84. The summed E-state index contributed by atoms with van der Waals surface area (Å²) < 4.78 is 0. The summed E-state index contributed by atoms with van der Waals surface area (Å²) in [6.07, 6.45) is 26.4. The zero-order valence-corrected chi connectivity index (χ0v) is 25.1. The number of rotatable bonds is 22. The molecule has 0 saturated heterocycles. The lowest BCUT2D eigenvalue weighted by molar-refractivity contribution is 0.632. The molecule has 0 aliphatic rings. The van der Waals surface area contributed by atoms with E-state index in [0.717, 1.165) is 0 Å². The van der Waals surface area contributed by atoms with Gasteiger partial charge in [-0.05, 0) is 91.8 Å². The van der Waals surface area contributed by atoms with Gasteiger partial charge in [0.15, 0.2) is 0 Å². The first-order chi connectivity index (χ1) is 18.2. The Morgan fingerprint density at radius 3 is 1.43 bits per heavy atom. The summed E-state index contributed by atoms with van der Waals surface area (Å²) in [5.41, 5.74) is 9.38. The van der Waals surface area contributed by atoms with Gasteiger partial charge in [0, 0.05) is 11.4 Å². The quantitative estimate of drug-likeness (QED) is 0.157. The summed E-state index contributed by atoms with van der Waals surface area (Å²) in [4.78, 5) is 0. The van der Waals surface area contributed by atoms with Crippen molar-refractivity contribution in [3.63, 3.8) is 0 Å². The van der Waals surface area contributed by atoms with Gasteiger partial charge in [0.25, 0.3) is 0 Å². The molecule has 0 aliphatic heterocycles. The molecule has 0 heterocycles. The number of hydrogen-bond donors (Lipinski definition) is 1. The molecule has 0 bridgehead atoms. The van der Waals surface area contributed by atoms with Crippen LogP contribution in [0, 0.1) is 0 Å². The van der Waals surface area contributed by atoms with Crippen LogP contribution >= 0.6 is 0 Å². The lowest BCUT2D eigenvalue weighted by Crippen LogP contribution is -2.10. The highest BCUT2D eigenvalue weighted by molar-refractivity contribution is 5.68. The summed E-state index contributed by atoms with van der Waals surface area (Å²) >= 11 is 0. The molecule has 2 aromatic rings. The maximum Gasteiger partial charge on any atom is 0.0422 e. The molecule has 208 valence electrons. The summed E-state index contributed by atoms with van der Waals surface area (Å²) in [7, 11) is 0. The molecule has 0 aromatic heterocycles. The number of anilines is 2. The van der Waals surface area contributed by atoms with Crippen LogP contribution in [0.1, 0.15) is 153 Å². The van der Waals surface area contributed by atoms with E-state index >= 15 is 0 Å². The Morgan fingerprint density at radius 2 is 0.919 bits per heavy atom. The second kappa shape index (κ2) is 20.2. The lowest BCUT2D eigenvalue weighted by Gasteiger charge is -2.24. The van der Waals surface area contributed by atoms with Gasteiger partial charge in [-0.2, -0.15) is 0 Å². The second-order valence-corrected chi connectivity index (χ2v) is 11.3. The van der Waals surface area contributed by atoms with Crippen molar-refractivity contribution < 1.29 is 0 Å². The number of para-hydroxylation sites is 1. The van der Waals surface area contributed by atoms with Crippen molar-refractivity contribution in [1.29, 1.82) is 0 Å². The summed E-state index contributed by atoms with van der Waals surface area (Å²) in [6, 6.07) is 13.5. The van der Waals surface area contributed by atoms with Crippen LogP contribution in [0.4, 0.5) is 11.4 Å². The normalized spacial score (nSPS) is 11.2. The minimum absolute atomic E-state index is 1.22. The second-order valence-electron chi connectivity index (χ2n) is 11.3. The fraction of sp³-hybridized carbons (Fsp3) is 0.667. The number of unbranched alkanes of at least 4 members (excludes halogenated alkanes) is 12. The number of hydrogen-bond acceptors (Lipinski definition) is 1. The van der Waals surface area contributed by atoms with Crippen LogP contribution in [0.15, 0.2) is 36.4 Å².